The maximum absolute atomic E-state index is 11.4. The molecule has 0 saturated heterocycles. The topological polar surface area (TPSA) is 153 Å². The Morgan fingerprint density at radius 1 is 1.11 bits per heavy atom. The maximum atomic E-state index is 11.4. The van der Waals surface area contributed by atoms with E-state index < -0.39 is 25.8 Å². The van der Waals surface area contributed by atoms with Crippen molar-refractivity contribution in [1.82, 2.24) is 9.55 Å². The van der Waals surface area contributed by atoms with Crippen molar-refractivity contribution in [1.29, 1.82) is 0 Å². The van der Waals surface area contributed by atoms with Crippen LogP contribution in [0.1, 0.15) is 13.8 Å². The molecule has 0 aliphatic rings. The van der Waals surface area contributed by atoms with Gasteiger partial charge in [0.1, 0.15) is 0 Å². The van der Waals surface area contributed by atoms with Crippen molar-refractivity contribution in [2.24, 2.45) is 0 Å². The molecule has 1 aromatic rings. The molecule has 0 aliphatic carbocycles. The first kappa shape index (κ1) is 15.5. The monoisotopic (exact) mass is 300 g/mol. The van der Waals surface area contributed by atoms with E-state index >= 15 is 0 Å². The summed E-state index contributed by atoms with van der Waals surface area (Å²) in [5, 5.41) is 6.46. The van der Waals surface area contributed by atoms with E-state index in [2.05, 4.69) is 4.98 Å². The second-order valence-corrected chi connectivity index (χ2v) is 8.08. The van der Waals surface area contributed by atoms with E-state index in [0.29, 0.717) is 0 Å². The summed E-state index contributed by atoms with van der Waals surface area (Å²) >= 11 is 0. The zero-order valence-corrected chi connectivity index (χ0v) is 11.4. The summed E-state index contributed by atoms with van der Waals surface area (Å²) in [4.78, 5) is 40.2. The average molecular weight is 300 g/mol. The number of aromatic nitrogens is 2. The zero-order chi connectivity index (χ0) is 14.4. The highest BCUT2D eigenvalue weighted by atomic mass is 31.2. The van der Waals surface area contributed by atoms with Gasteiger partial charge < -0.3 is 29.2 Å². The molecule has 0 aliphatic heterocycles. The summed E-state index contributed by atoms with van der Waals surface area (Å²) in [6.07, 6.45) is 3.58. The Kier molecular flexibility index (Phi) is 3.66. The normalized spacial score (nSPS) is 14.8. The van der Waals surface area contributed by atoms with Crippen LogP contribution < -0.4 is 0 Å². The molecule has 0 bridgehead atoms. The molecule has 0 fully saturated rings. The Labute approximate surface area is 102 Å². The van der Waals surface area contributed by atoms with Crippen molar-refractivity contribution in [2.45, 2.75) is 24.5 Å². The second kappa shape index (κ2) is 4.25. The van der Waals surface area contributed by atoms with Crippen molar-refractivity contribution in [2.75, 3.05) is 0 Å². The lowest BCUT2D eigenvalue weighted by Gasteiger charge is -2.42. The van der Waals surface area contributed by atoms with Crippen molar-refractivity contribution < 1.29 is 33.8 Å². The molecule has 11 heteroatoms. The van der Waals surface area contributed by atoms with E-state index in [-0.39, 0.29) is 0 Å². The molecular weight excluding hydrogens is 286 g/mol. The van der Waals surface area contributed by atoms with Gasteiger partial charge in [-0.2, -0.15) is 0 Å². The fraction of sp³-hybridized carbons (Fsp3) is 0.571. The van der Waals surface area contributed by atoms with E-state index in [1.165, 1.54) is 12.4 Å². The highest BCUT2D eigenvalue weighted by Gasteiger charge is 2.68. The first-order valence-corrected chi connectivity index (χ1v) is 7.90. The number of aliphatic hydroxyl groups is 1. The Balaban J connectivity index is 3.58. The molecule has 0 amide bonds. The van der Waals surface area contributed by atoms with Gasteiger partial charge in [-0.05, 0) is 13.8 Å². The molecular formula is C7H14N2O7P2. The third-order valence-electron chi connectivity index (χ3n) is 2.78. The quantitative estimate of drug-likeness (QED) is 0.471. The predicted octanol–water partition coefficient (Wildman–Crippen LogP) is -0.380. The van der Waals surface area contributed by atoms with Gasteiger partial charge in [0.05, 0.1) is 11.9 Å². The molecule has 0 spiro atoms. The lowest BCUT2D eigenvalue weighted by Crippen LogP contribution is -2.50. The standard InChI is InChI=1S/C7H14N2O7P2/c1-6(2,9-4-3-8-5-9)7(10,17(11,12)13)18(14,15)16/h3-5,10H,1-2H3,(H2,11,12,13)(H2,14,15,16). The van der Waals surface area contributed by atoms with Crippen LogP contribution in [0.15, 0.2) is 18.7 Å². The number of nitrogens with zero attached hydrogens (tertiary/aromatic N) is 2. The average Bonchev–Trinajstić information content (AvgIpc) is 2.65. The second-order valence-electron chi connectivity index (χ2n) is 4.25. The maximum Gasteiger partial charge on any atom is 0.371 e. The first-order valence-electron chi connectivity index (χ1n) is 4.68. The molecule has 9 nitrogen and oxygen atoms in total. The highest BCUT2D eigenvalue weighted by molar-refractivity contribution is 7.72. The zero-order valence-electron chi connectivity index (χ0n) is 9.57. The molecule has 1 aromatic heterocycles. The molecule has 0 aromatic carbocycles. The van der Waals surface area contributed by atoms with E-state index in [0.717, 1.165) is 24.7 Å². The van der Waals surface area contributed by atoms with Gasteiger partial charge in [-0.15, -0.1) is 0 Å². The van der Waals surface area contributed by atoms with E-state index in [1.54, 1.807) is 0 Å². The Morgan fingerprint density at radius 3 is 1.83 bits per heavy atom. The SMILES string of the molecule is CC(C)(n1ccnc1)C(O)(P(=O)(O)O)P(=O)(O)O. The Bertz CT molecular complexity index is 492. The van der Waals surface area contributed by atoms with Gasteiger partial charge in [0, 0.05) is 12.4 Å². The van der Waals surface area contributed by atoms with Gasteiger partial charge in [-0.1, -0.05) is 0 Å². The summed E-state index contributed by atoms with van der Waals surface area (Å²) in [6, 6.07) is 0. The van der Waals surface area contributed by atoms with Gasteiger partial charge in [-0.3, -0.25) is 9.13 Å². The minimum Gasteiger partial charge on any atom is -0.366 e. The van der Waals surface area contributed by atoms with Crippen LogP contribution in [0.5, 0.6) is 0 Å². The molecule has 0 radical (unpaired) electrons. The molecule has 0 unspecified atom stereocenters. The number of hydrogen-bond acceptors (Lipinski definition) is 4. The highest BCUT2D eigenvalue weighted by Crippen LogP contribution is 2.72. The molecule has 0 saturated carbocycles. The molecule has 1 heterocycles. The summed E-state index contributed by atoms with van der Waals surface area (Å²) in [6.45, 7) is 2.18. The smallest absolute Gasteiger partial charge is 0.366 e. The summed E-state index contributed by atoms with van der Waals surface area (Å²) < 4.78 is 23.7. The van der Waals surface area contributed by atoms with Crippen molar-refractivity contribution in [3.63, 3.8) is 0 Å². The van der Waals surface area contributed by atoms with Gasteiger partial charge in [0.15, 0.2) is 0 Å². The molecule has 5 N–H and O–H groups in total. The van der Waals surface area contributed by atoms with Crippen molar-refractivity contribution >= 4 is 15.2 Å². The van der Waals surface area contributed by atoms with Crippen LogP contribution in [0.3, 0.4) is 0 Å². The Morgan fingerprint density at radius 2 is 1.56 bits per heavy atom. The third kappa shape index (κ3) is 2.08. The lowest BCUT2D eigenvalue weighted by atomic mass is 10.1. The van der Waals surface area contributed by atoms with Crippen molar-refractivity contribution in [3.05, 3.63) is 18.7 Å². The van der Waals surface area contributed by atoms with Crippen molar-refractivity contribution in [3.8, 4) is 0 Å². The Hall–Kier alpha value is -0.530. The number of imidazole rings is 1. The van der Waals surface area contributed by atoms with Gasteiger partial charge in [-0.25, -0.2) is 4.98 Å². The van der Waals surface area contributed by atoms with E-state index in [9.17, 15) is 14.2 Å². The van der Waals surface area contributed by atoms with Gasteiger partial charge in [0.25, 0.3) is 5.08 Å². The summed E-state index contributed by atoms with van der Waals surface area (Å²) in [5.41, 5.74) is -1.97. The van der Waals surface area contributed by atoms with Gasteiger partial charge >= 0.3 is 15.2 Å². The fourth-order valence-corrected chi connectivity index (χ4v) is 4.66. The van der Waals surface area contributed by atoms with Crippen LogP contribution in [0, 0.1) is 0 Å². The van der Waals surface area contributed by atoms with Crippen LogP contribution >= 0.6 is 15.2 Å². The molecule has 1 rings (SSSR count). The molecule has 104 valence electrons. The van der Waals surface area contributed by atoms with E-state index in [1.807, 2.05) is 0 Å². The molecule has 18 heavy (non-hydrogen) atoms. The number of rotatable bonds is 4. The van der Waals surface area contributed by atoms with E-state index in [4.69, 9.17) is 19.6 Å². The minimum absolute atomic E-state index is 1.02. The van der Waals surface area contributed by atoms with Crippen LogP contribution in [-0.2, 0) is 14.7 Å². The van der Waals surface area contributed by atoms with Crippen LogP contribution in [0.25, 0.3) is 0 Å². The lowest BCUT2D eigenvalue weighted by molar-refractivity contribution is 0.0372. The van der Waals surface area contributed by atoms with Crippen LogP contribution in [0.2, 0.25) is 0 Å². The fourth-order valence-electron chi connectivity index (χ4n) is 1.65. The summed E-state index contributed by atoms with van der Waals surface area (Å²) in [7, 11) is -11.1. The minimum atomic E-state index is -5.53. The molecule has 0 atom stereocenters. The first-order chi connectivity index (χ1) is 7.86. The number of hydrogen-bond donors (Lipinski definition) is 5. The van der Waals surface area contributed by atoms with Crippen LogP contribution in [-0.4, -0.2) is 39.3 Å². The van der Waals surface area contributed by atoms with Crippen LogP contribution in [0.4, 0.5) is 0 Å². The summed E-state index contributed by atoms with van der Waals surface area (Å²) in [5.74, 6) is 0. The van der Waals surface area contributed by atoms with Gasteiger partial charge in [0.2, 0.25) is 0 Å². The third-order valence-corrected chi connectivity index (χ3v) is 7.07. The largest absolute Gasteiger partial charge is 0.371 e. The predicted molar refractivity (Wildman–Crippen MR) is 60.6 cm³/mol.